The highest BCUT2D eigenvalue weighted by Gasteiger charge is 2.34. The lowest BCUT2D eigenvalue weighted by Gasteiger charge is -2.21. The number of halogens is 2. The van der Waals surface area contributed by atoms with E-state index >= 15 is 0 Å². The van der Waals surface area contributed by atoms with Crippen LogP contribution in [-0.2, 0) is 9.59 Å². The molecule has 1 aromatic rings. The van der Waals surface area contributed by atoms with E-state index in [0.29, 0.717) is 28.7 Å². The molecule has 1 aromatic carbocycles. The van der Waals surface area contributed by atoms with Crippen molar-refractivity contribution in [1.29, 1.82) is 0 Å². The third-order valence-corrected chi connectivity index (χ3v) is 4.46. The van der Waals surface area contributed by atoms with Crippen molar-refractivity contribution < 1.29 is 19.5 Å². The van der Waals surface area contributed by atoms with E-state index in [-0.39, 0.29) is 18.9 Å². The van der Waals surface area contributed by atoms with E-state index in [4.69, 9.17) is 28.3 Å². The summed E-state index contributed by atoms with van der Waals surface area (Å²) in [7, 11) is 1.48. The topological polar surface area (TPSA) is 89.9 Å². The number of nitrogens with one attached hydrogen (secondary N) is 1. The maximum atomic E-state index is 12.4. The zero-order chi connectivity index (χ0) is 17.9. The highest BCUT2D eigenvalue weighted by Crippen LogP contribution is 2.29. The van der Waals surface area contributed by atoms with Crippen LogP contribution in [0.3, 0.4) is 0 Å². The number of rotatable bonds is 5. The Morgan fingerprint density at radius 2 is 2.08 bits per heavy atom. The second kappa shape index (κ2) is 7.72. The zero-order valence-corrected chi connectivity index (χ0v) is 14.5. The van der Waals surface area contributed by atoms with Crippen molar-refractivity contribution in [3.63, 3.8) is 0 Å². The molecule has 1 aliphatic heterocycles. The van der Waals surface area contributed by atoms with Gasteiger partial charge in [-0.15, -0.1) is 0 Å². The van der Waals surface area contributed by atoms with Gasteiger partial charge in [-0.05, 0) is 24.6 Å². The molecule has 0 aromatic heterocycles. The quantitative estimate of drug-likeness (QED) is 0.827. The number of carboxylic acids is 1. The Bertz CT molecular complexity index is 668. The van der Waals surface area contributed by atoms with Crippen LogP contribution in [0.25, 0.3) is 0 Å². The van der Waals surface area contributed by atoms with Gasteiger partial charge in [-0.2, -0.15) is 0 Å². The summed E-state index contributed by atoms with van der Waals surface area (Å²) in [5.41, 5.74) is 0.616. The summed E-state index contributed by atoms with van der Waals surface area (Å²) in [5.74, 6) is -1.23. The minimum Gasteiger partial charge on any atom is -0.481 e. The monoisotopic (exact) mass is 373 g/mol. The third kappa shape index (κ3) is 4.30. The summed E-state index contributed by atoms with van der Waals surface area (Å²) in [5, 5.41) is 12.0. The normalized spacial score (nSPS) is 17.0. The number of hydrogen-bond donors (Lipinski definition) is 2. The minimum absolute atomic E-state index is 0.0680. The van der Waals surface area contributed by atoms with Crippen molar-refractivity contribution in [2.75, 3.05) is 25.0 Å². The van der Waals surface area contributed by atoms with Gasteiger partial charge in [0.05, 0.1) is 16.5 Å². The highest BCUT2D eigenvalue weighted by molar-refractivity contribution is 6.42. The lowest BCUT2D eigenvalue weighted by molar-refractivity contribution is -0.137. The zero-order valence-electron chi connectivity index (χ0n) is 13.0. The molecule has 2 N–H and O–H groups in total. The molecule has 1 saturated heterocycles. The summed E-state index contributed by atoms with van der Waals surface area (Å²) in [6.07, 6.45) is 0.301. The summed E-state index contributed by atoms with van der Waals surface area (Å²) < 4.78 is 0. The molecule has 24 heavy (non-hydrogen) atoms. The van der Waals surface area contributed by atoms with E-state index in [2.05, 4.69) is 5.32 Å². The number of carboxylic acid groups (broad SMARTS) is 1. The Labute approximate surface area is 149 Å². The van der Waals surface area contributed by atoms with Gasteiger partial charge in [0.1, 0.15) is 6.04 Å². The van der Waals surface area contributed by atoms with Gasteiger partial charge < -0.3 is 20.2 Å². The van der Waals surface area contributed by atoms with Crippen LogP contribution in [0.2, 0.25) is 10.0 Å². The standard InChI is InChI=1S/C15H17Cl2N3O4/c1-19(6-5-13(21)22)15(24)18-12-4-7-20(14(12)23)9-2-3-10(16)11(17)8-9/h2-3,8,12H,4-7H2,1H3,(H,18,24)(H,21,22). The van der Waals surface area contributed by atoms with Crippen LogP contribution < -0.4 is 10.2 Å². The first kappa shape index (κ1) is 18.4. The molecule has 1 atom stereocenters. The van der Waals surface area contributed by atoms with Crippen molar-refractivity contribution in [2.24, 2.45) is 0 Å². The first-order valence-corrected chi connectivity index (χ1v) is 8.05. The molecule has 130 valence electrons. The smallest absolute Gasteiger partial charge is 0.317 e. The molecular weight excluding hydrogens is 357 g/mol. The van der Waals surface area contributed by atoms with Gasteiger partial charge in [-0.1, -0.05) is 23.2 Å². The molecule has 9 heteroatoms. The molecule has 0 saturated carbocycles. The van der Waals surface area contributed by atoms with Crippen LogP contribution in [-0.4, -0.2) is 54.1 Å². The van der Waals surface area contributed by atoms with Gasteiger partial charge in [0.15, 0.2) is 0 Å². The van der Waals surface area contributed by atoms with Gasteiger partial charge >= 0.3 is 12.0 Å². The summed E-state index contributed by atoms with van der Waals surface area (Å²) in [6.45, 7) is 0.513. The SMILES string of the molecule is CN(CCC(=O)O)C(=O)NC1CCN(c2ccc(Cl)c(Cl)c2)C1=O. The van der Waals surface area contributed by atoms with E-state index in [1.54, 1.807) is 18.2 Å². The van der Waals surface area contributed by atoms with Gasteiger partial charge in [0.25, 0.3) is 0 Å². The van der Waals surface area contributed by atoms with E-state index in [1.807, 2.05) is 0 Å². The Morgan fingerprint density at radius 3 is 2.71 bits per heavy atom. The molecule has 0 bridgehead atoms. The van der Waals surface area contributed by atoms with Crippen LogP contribution >= 0.6 is 23.2 Å². The number of amides is 3. The molecule has 7 nitrogen and oxygen atoms in total. The number of urea groups is 1. The maximum Gasteiger partial charge on any atom is 0.317 e. The van der Waals surface area contributed by atoms with Gasteiger partial charge in [-0.3, -0.25) is 9.59 Å². The Balaban J connectivity index is 1.97. The van der Waals surface area contributed by atoms with E-state index in [0.717, 1.165) is 0 Å². The predicted octanol–water partition coefficient (Wildman–Crippen LogP) is 2.21. The van der Waals surface area contributed by atoms with Crippen molar-refractivity contribution in [2.45, 2.75) is 18.9 Å². The minimum atomic E-state index is -0.989. The van der Waals surface area contributed by atoms with Crippen LogP contribution in [0.15, 0.2) is 18.2 Å². The number of nitrogens with zero attached hydrogens (tertiary/aromatic N) is 2. The number of aliphatic carboxylic acids is 1. The molecule has 0 radical (unpaired) electrons. The average Bonchev–Trinajstić information content (AvgIpc) is 2.88. The second-order valence-corrected chi connectivity index (χ2v) is 6.26. The summed E-state index contributed by atoms with van der Waals surface area (Å²) in [6, 6.07) is 3.77. The Kier molecular flexibility index (Phi) is 5.90. The molecule has 0 aliphatic carbocycles. The average molecular weight is 374 g/mol. The van der Waals surface area contributed by atoms with Gasteiger partial charge in [0, 0.05) is 25.8 Å². The van der Waals surface area contributed by atoms with Crippen LogP contribution in [0.1, 0.15) is 12.8 Å². The lowest BCUT2D eigenvalue weighted by atomic mass is 10.2. The van der Waals surface area contributed by atoms with E-state index < -0.39 is 18.0 Å². The lowest BCUT2D eigenvalue weighted by Crippen LogP contribution is -2.47. The second-order valence-electron chi connectivity index (χ2n) is 5.44. The fraction of sp³-hybridized carbons (Fsp3) is 0.400. The number of carbonyl (C=O) groups is 3. The molecule has 3 amide bonds. The highest BCUT2D eigenvalue weighted by atomic mass is 35.5. The molecule has 0 spiro atoms. The number of carbonyl (C=O) groups excluding carboxylic acids is 2. The van der Waals surface area contributed by atoms with E-state index in [9.17, 15) is 14.4 Å². The maximum absolute atomic E-state index is 12.4. The Morgan fingerprint density at radius 1 is 1.38 bits per heavy atom. The fourth-order valence-corrected chi connectivity index (χ4v) is 2.64. The number of hydrogen-bond acceptors (Lipinski definition) is 3. The molecule has 1 fully saturated rings. The third-order valence-electron chi connectivity index (χ3n) is 3.73. The Hall–Kier alpha value is -1.99. The number of benzene rings is 1. The van der Waals surface area contributed by atoms with Gasteiger partial charge in [-0.25, -0.2) is 4.79 Å². The largest absolute Gasteiger partial charge is 0.481 e. The number of anilines is 1. The fourth-order valence-electron chi connectivity index (χ4n) is 2.35. The molecule has 1 unspecified atom stereocenters. The van der Waals surface area contributed by atoms with Crippen molar-refractivity contribution >= 4 is 46.8 Å². The molecule has 1 heterocycles. The van der Waals surface area contributed by atoms with E-state index in [1.165, 1.54) is 16.8 Å². The van der Waals surface area contributed by atoms with Crippen LogP contribution in [0, 0.1) is 0 Å². The van der Waals surface area contributed by atoms with Crippen LogP contribution in [0.4, 0.5) is 10.5 Å². The first-order chi connectivity index (χ1) is 11.3. The summed E-state index contributed by atoms with van der Waals surface area (Å²) in [4.78, 5) is 37.8. The molecular formula is C15H17Cl2N3O4. The first-order valence-electron chi connectivity index (χ1n) is 7.29. The van der Waals surface area contributed by atoms with Crippen LogP contribution in [0.5, 0.6) is 0 Å². The summed E-state index contributed by atoms with van der Waals surface area (Å²) >= 11 is 11.8. The molecule has 2 rings (SSSR count). The van der Waals surface area contributed by atoms with Gasteiger partial charge in [0.2, 0.25) is 5.91 Å². The molecule has 1 aliphatic rings. The van der Waals surface area contributed by atoms with Crippen molar-refractivity contribution in [1.82, 2.24) is 10.2 Å². The predicted molar refractivity (Wildman–Crippen MR) is 90.6 cm³/mol. The van der Waals surface area contributed by atoms with Crippen molar-refractivity contribution in [3.8, 4) is 0 Å². The van der Waals surface area contributed by atoms with Crippen molar-refractivity contribution in [3.05, 3.63) is 28.2 Å².